The maximum absolute atomic E-state index is 11.6. The molecule has 1 aromatic rings. The smallest absolute Gasteiger partial charge is 0.229 e. The van der Waals surface area contributed by atoms with Gasteiger partial charge in [0.2, 0.25) is 5.91 Å². The number of carbonyl (C=O) groups excluding carboxylic acids is 1. The van der Waals surface area contributed by atoms with Gasteiger partial charge in [-0.05, 0) is 13.0 Å². The summed E-state index contributed by atoms with van der Waals surface area (Å²) in [6, 6.07) is 3.56. The zero-order chi connectivity index (χ0) is 11.4. The summed E-state index contributed by atoms with van der Waals surface area (Å²) < 4.78 is 10.7. The van der Waals surface area contributed by atoms with E-state index < -0.39 is 0 Å². The van der Waals surface area contributed by atoms with Crippen molar-refractivity contribution in [2.75, 3.05) is 25.0 Å². The first-order chi connectivity index (χ1) is 7.74. The Bertz CT molecular complexity index is 356. The average molecular weight is 224 g/mol. The third-order valence-corrected chi connectivity index (χ3v) is 2.42. The highest BCUT2D eigenvalue weighted by Gasteiger charge is 2.17. The normalized spacial score (nSPS) is 20.7. The highest BCUT2D eigenvalue weighted by molar-refractivity contribution is 5.89. The monoisotopic (exact) mass is 224 g/mol. The molecule has 5 heteroatoms. The number of hydrogen-bond donors (Lipinski definition) is 2. The second-order valence-corrected chi connectivity index (χ2v) is 3.86. The van der Waals surface area contributed by atoms with Gasteiger partial charge < -0.3 is 14.5 Å². The fourth-order valence-corrected chi connectivity index (χ4v) is 1.65. The van der Waals surface area contributed by atoms with E-state index in [1.807, 2.05) is 13.0 Å². The number of aryl methyl sites for hydroxylation is 1. The van der Waals surface area contributed by atoms with Gasteiger partial charge in [0, 0.05) is 19.2 Å². The molecule has 1 atom stereocenters. The fraction of sp³-hybridized carbons (Fsp3) is 0.545. The summed E-state index contributed by atoms with van der Waals surface area (Å²) in [4.78, 5) is 11.6. The largest absolute Gasteiger partial charge is 0.446 e. The van der Waals surface area contributed by atoms with Gasteiger partial charge in [-0.15, -0.1) is 0 Å². The van der Waals surface area contributed by atoms with Crippen molar-refractivity contribution in [3.8, 4) is 0 Å². The molecule has 5 nitrogen and oxygen atoms in total. The molecule has 0 saturated carbocycles. The molecule has 1 aromatic heterocycles. The van der Waals surface area contributed by atoms with E-state index in [1.54, 1.807) is 6.07 Å². The number of nitrogens with one attached hydrogen (secondary N) is 2. The van der Waals surface area contributed by atoms with Gasteiger partial charge in [0.1, 0.15) is 5.76 Å². The van der Waals surface area contributed by atoms with Crippen LogP contribution >= 0.6 is 0 Å². The third-order valence-electron chi connectivity index (χ3n) is 2.42. The predicted octanol–water partition coefficient (Wildman–Crippen LogP) is 0.905. The van der Waals surface area contributed by atoms with Crippen molar-refractivity contribution < 1.29 is 13.9 Å². The maximum atomic E-state index is 11.6. The molecule has 0 spiro atoms. The molecule has 1 saturated heterocycles. The van der Waals surface area contributed by atoms with Crippen molar-refractivity contribution in [1.82, 2.24) is 5.32 Å². The van der Waals surface area contributed by atoms with Gasteiger partial charge in [-0.2, -0.15) is 0 Å². The zero-order valence-electron chi connectivity index (χ0n) is 9.29. The third kappa shape index (κ3) is 3.08. The number of ether oxygens (including phenoxy) is 1. The number of morpholine rings is 1. The molecule has 2 heterocycles. The van der Waals surface area contributed by atoms with Gasteiger partial charge in [-0.25, -0.2) is 0 Å². The van der Waals surface area contributed by atoms with Gasteiger partial charge in [-0.1, -0.05) is 0 Å². The molecule has 16 heavy (non-hydrogen) atoms. The molecule has 1 aliphatic rings. The molecule has 88 valence electrons. The molecule has 0 aliphatic carbocycles. The molecule has 2 rings (SSSR count). The predicted molar refractivity (Wildman–Crippen MR) is 59.3 cm³/mol. The first-order valence-corrected chi connectivity index (χ1v) is 5.42. The Labute approximate surface area is 94.1 Å². The lowest BCUT2D eigenvalue weighted by atomic mass is 10.2. The van der Waals surface area contributed by atoms with Crippen LogP contribution in [0.5, 0.6) is 0 Å². The summed E-state index contributed by atoms with van der Waals surface area (Å²) in [5.74, 6) is 1.19. The minimum atomic E-state index is -0.0805. The number of carbonyl (C=O) groups is 1. The summed E-state index contributed by atoms with van der Waals surface area (Å²) in [5, 5.41) is 5.88. The quantitative estimate of drug-likeness (QED) is 0.801. The SMILES string of the molecule is Cc1ccc(NC(=O)CC2CNCCO2)o1. The summed E-state index contributed by atoms with van der Waals surface area (Å²) in [7, 11) is 0. The Hall–Kier alpha value is -1.33. The van der Waals surface area contributed by atoms with E-state index in [0.717, 1.165) is 18.8 Å². The van der Waals surface area contributed by atoms with E-state index in [2.05, 4.69) is 10.6 Å². The second-order valence-electron chi connectivity index (χ2n) is 3.86. The van der Waals surface area contributed by atoms with Crippen LogP contribution in [0.1, 0.15) is 12.2 Å². The number of rotatable bonds is 3. The fourth-order valence-electron chi connectivity index (χ4n) is 1.65. The summed E-state index contributed by atoms with van der Waals surface area (Å²) in [6.45, 7) is 4.09. The van der Waals surface area contributed by atoms with Gasteiger partial charge >= 0.3 is 0 Å². The van der Waals surface area contributed by atoms with E-state index in [9.17, 15) is 4.79 Å². The standard InChI is InChI=1S/C11H16N2O3/c1-8-2-3-11(16-8)13-10(14)6-9-7-12-4-5-15-9/h2-3,9,12H,4-7H2,1H3,(H,13,14). The molecule has 0 radical (unpaired) electrons. The van der Waals surface area contributed by atoms with E-state index in [4.69, 9.17) is 9.15 Å². The van der Waals surface area contributed by atoms with E-state index >= 15 is 0 Å². The van der Waals surface area contributed by atoms with Gasteiger partial charge in [0.05, 0.1) is 19.1 Å². The first kappa shape index (κ1) is 11.2. The summed E-state index contributed by atoms with van der Waals surface area (Å²) in [5.41, 5.74) is 0. The number of hydrogen-bond acceptors (Lipinski definition) is 4. The average Bonchev–Trinajstić information content (AvgIpc) is 2.65. The molecule has 1 aliphatic heterocycles. The number of anilines is 1. The van der Waals surface area contributed by atoms with Crippen LogP contribution in [0.25, 0.3) is 0 Å². The van der Waals surface area contributed by atoms with Gasteiger partial charge in [0.25, 0.3) is 0 Å². The van der Waals surface area contributed by atoms with Crippen LogP contribution < -0.4 is 10.6 Å². The van der Waals surface area contributed by atoms with Gasteiger partial charge in [0.15, 0.2) is 5.88 Å². The van der Waals surface area contributed by atoms with Crippen LogP contribution in [-0.2, 0) is 9.53 Å². The maximum Gasteiger partial charge on any atom is 0.229 e. The van der Waals surface area contributed by atoms with Crippen molar-refractivity contribution in [2.45, 2.75) is 19.4 Å². The highest BCUT2D eigenvalue weighted by Crippen LogP contribution is 2.13. The molecule has 2 N–H and O–H groups in total. The Morgan fingerprint density at radius 3 is 3.12 bits per heavy atom. The number of amides is 1. The van der Waals surface area contributed by atoms with Crippen LogP contribution in [-0.4, -0.2) is 31.7 Å². The topological polar surface area (TPSA) is 63.5 Å². The lowest BCUT2D eigenvalue weighted by molar-refractivity contribution is -0.119. The minimum absolute atomic E-state index is 0.0372. The van der Waals surface area contributed by atoms with Crippen molar-refractivity contribution in [1.29, 1.82) is 0 Å². The van der Waals surface area contributed by atoms with Crippen LogP contribution in [0.15, 0.2) is 16.5 Å². The summed E-state index contributed by atoms with van der Waals surface area (Å²) in [6.07, 6.45) is 0.317. The lowest BCUT2D eigenvalue weighted by Crippen LogP contribution is -2.40. The Balaban J connectivity index is 1.79. The molecular weight excluding hydrogens is 208 g/mol. The Kier molecular flexibility index (Phi) is 3.58. The molecule has 1 fully saturated rings. The number of furan rings is 1. The lowest BCUT2D eigenvalue weighted by Gasteiger charge is -2.22. The van der Waals surface area contributed by atoms with E-state index in [-0.39, 0.29) is 12.0 Å². The summed E-state index contributed by atoms with van der Waals surface area (Å²) >= 11 is 0. The van der Waals surface area contributed by atoms with Crippen LogP contribution in [0.2, 0.25) is 0 Å². The zero-order valence-corrected chi connectivity index (χ0v) is 9.29. The molecule has 1 amide bonds. The van der Waals surface area contributed by atoms with Crippen LogP contribution in [0.3, 0.4) is 0 Å². The molecule has 0 aromatic carbocycles. The van der Waals surface area contributed by atoms with Crippen LogP contribution in [0.4, 0.5) is 5.88 Å². The van der Waals surface area contributed by atoms with Crippen molar-refractivity contribution in [2.24, 2.45) is 0 Å². The molecular formula is C11H16N2O3. The Morgan fingerprint density at radius 2 is 2.50 bits per heavy atom. The molecule has 0 bridgehead atoms. The van der Waals surface area contributed by atoms with E-state index in [0.29, 0.717) is 18.9 Å². The van der Waals surface area contributed by atoms with E-state index in [1.165, 1.54) is 0 Å². The van der Waals surface area contributed by atoms with Crippen LogP contribution in [0, 0.1) is 6.92 Å². The van der Waals surface area contributed by atoms with Crippen molar-refractivity contribution >= 4 is 11.8 Å². The second kappa shape index (κ2) is 5.14. The Morgan fingerprint density at radius 1 is 1.62 bits per heavy atom. The van der Waals surface area contributed by atoms with Crippen molar-refractivity contribution in [3.05, 3.63) is 17.9 Å². The van der Waals surface area contributed by atoms with Crippen molar-refractivity contribution in [3.63, 3.8) is 0 Å². The highest BCUT2D eigenvalue weighted by atomic mass is 16.5. The first-order valence-electron chi connectivity index (χ1n) is 5.42. The van der Waals surface area contributed by atoms with Gasteiger partial charge in [-0.3, -0.25) is 10.1 Å². The minimum Gasteiger partial charge on any atom is -0.446 e. The molecule has 1 unspecified atom stereocenters.